The van der Waals surface area contributed by atoms with Crippen LogP contribution >= 0.6 is 24.0 Å². The molecule has 1 N–H and O–H groups in total. The summed E-state index contributed by atoms with van der Waals surface area (Å²) in [7, 11) is 0. The number of nitrogens with one attached hydrogen (secondary N) is 1. The number of carbonyl (C=O) groups excluding carboxylic acids is 3. The lowest BCUT2D eigenvalue weighted by Gasteiger charge is -2.36. The predicted molar refractivity (Wildman–Crippen MR) is 146 cm³/mol. The van der Waals surface area contributed by atoms with Gasteiger partial charge in [0.1, 0.15) is 21.8 Å². The van der Waals surface area contributed by atoms with Gasteiger partial charge in [-0.2, -0.15) is 0 Å². The van der Waals surface area contributed by atoms with Crippen molar-refractivity contribution >= 4 is 63.6 Å². The number of hydrogen-bond donors (Lipinski definition) is 1. The van der Waals surface area contributed by atoms with Gasteiger partial charge >= 0.3 is 5.97 Å². The maximum absolute atomic E-state index is 13.8. The maximum Gasteiger partial charge on any atom is 0.308 e. The average Bonchev–Trinajstić information content (AvgIpc) is 3.14. The molecule has 4 rings (SSSR count). The molecule has 2 amide bonds. The van der Waals surface area contributed by atoms with Crippen LogP contribution in [0.5, 0.6) is 0 Å². The monoisotopic (exact) mass is 543 g/mol. The van der Waals surface area contributed by atoms with Gasteiger partial charge in [-0.05, 0) is 44.9 Å². The van der Waals surface area contributed by atoms with E-state index in [0.29, 0.717) is 28.0 Å². The third-order valence-corrected chi connectivity index (χ3v) is 7.79. The standard InChI is InChI=1S/C25H29N5O5S2/c1-5-15(4)30-24(34)18(37-25(30)36)12-16-21(27-20-14(3)8-7-10-29(20)23(16)33)28-11-9-26-22(32)17(28)13-19(31)35-6-2/h7-8,10,12,15,17H,5-6,9,11,13H2,1-4H3,(H,26,32)/b18-12-. The van der Waals surface area contributed by atoms with E-state index in [2.05, 4.69) is 5.32 Å². The summed E-state index contributed by atoms with van der Waals surface area (Å²) in [5, 5.41) is 2.78. The fraction of sp³-hybridized carbons (Fsp3) is 0.440. The number of aryl methyl sites for hydroxylation is 1. The summed E-state index contributed by atoms with van der Waals surface area (Å²) >= 11 is 6.59. The van der Waals surface area contributed by atoms with Crippen LogP contribution in [0.15, 0.2) is 28.0 Å². The molecule has 2 aliphatic rings. The van der Waals surface area contributed by atoms with E-state index >= 15 is 0 Å². The van der Waals surface area contributed by atoms with Gasteiger partial charge in [0.15, 0.2) is 0 Å². The van der Waals surface area contributed by atoms with Gasteiger partial charge in [-0.1, -0.05) is 37.0 Å². The highest BCUT2D eigenvalue weighted by molar-refractivity contribution is 8.26. The molecule has 2 aromatic heterocycles. The first kappa shape index (κ1) is 26.8. The molecule has 4 heterocycles. The van der Waals surface area contributed by atoms with Gasteiger partial charge in [-0.3, -0.25) is 28.5 Å². The van der Waals surface area contributed by atoms with Crippen molar-refractivity contribution < 1.29 is 19.1 Å². The number of piperazine rings is 1. The summed E-state index contributed by atoms with van der Waals surface area (Å²) in [5.74, 6) is -0.930. The first-order chi connectivity index (χ1) is 17.7. The highest BCUT2D eigenvalue weighted by Crippen LogP contribution is 2.35. The highest BCUT2D eigenvalue weighted by atomic mass is 32.2. The molecule has 0 saturated carbocycles. The van der Waals surface area contributed by atoms with Gasteiger partial charge in [0.05, 0.1) is 23.5 Å². The summed E-state index contributed by atoms with van der Waals surface area (Å²) in [5.41, 5.74) is 0.946. The average molecular weight is 544 g/mol. The first-order valence-corrected chi connectivity index (χ1v) is 13.4. The molecule has 0 radical (unpaired) electrons. The lowest BCUT2D eigenvalue weighted by Crippen LogP contribution is -2.57. The van der Waals surface area contributed by atoms with E-state index in [1.807, 2.05) is 26.8 Å². The van der Waals surface area contributed by atoms with Gasteiger partial charge in [-0.25, -0.2) is 4.98 Å². The van der Waals surface area contributed by atoms with Crippen LogP contribution in [0.2, 0.25) is 0 Å². The Morgan fingerprint density at radius 3 is 2.81 bits per heavy atom. The Labute approximate surface area is 224 Å². The Hall–Kier alpha value is -3.25. The molecule has 2 aromatic rings. The van der Waals surface area contributed by atoms with Crippen molar-refractivity contribution in [2.75, 3.05) is 24.6 Å². The van der Waals surface area contributed by atoms with Crippen molar-refractivity contribution in [2.45, 2.75) is 52.6 Å². The number of thiocarbonyl (C=S) groups is 1. The quantitative estimate of drug-likeness (QED) is 0.319. The largest absolute Gasteiger partial charge is 0.466 e. The SMILES string of the molecule is CCOC(=O)CC1C(=O)NCCN1c1nc2c(C)cccn2c(=O)c1/C=C1\SC(=S)N(C(C)CC)C1=O. The van der Waals surface area contributed by atoms with Crippen LogP contribution in [0.4, 0.5) is 5.82 Å². The van der Waals surface area contributed by atoms with E-state index in [9.17, 15) is 19.2 Å². The van der Waals surface area contributed by atoms with E-state index in [1.54, 1.807) is 29.0 Å². The molecule has 0 bridgehead atoms. The summed E-state index contributed by atoms with van der Waals surface area (Å²) in [6.07, 6.45) is 3.64. The Balaban J connectivity index is 1.90. The van der Waals surface area contributed by atoms with Crippen molar-refractivity contribution in [3.05, 3.63) is 44.7 Å². The van der Waals surface area contributed by atoms with Gasteiger partial charge in [0.25, 0.3) is 11.5 Å². The van der Waals surface area contributed by atoms with E-state index < -0.39 is 17.6 Å². The number of ether oxygens (including phenoxy) is 1. The van der Waals surface area contributed by atoms with Gasteiger partial charge in [-0.15, -0.1) is 0 Å². The number of carbonyl (C=O) groups is 3. The number of pyridine rings is 1. The number of esters is 1. The van der Waals surface area contributed by atoms with Crippen LogP contribution in [0, 0.1) is 6.92 Å². The molecule has 2 atom stereocenters. The lowest BCUT2D eigenvalue weighted by molar-refractivity contribution is -0.145. The molecule has 10 nitrogen and oxygen atoms in total. The summed E-state index contributed by atoms with van der Waals surface area (Å²) in [6, 6.07) is 2.57. The molecule has 37 heavy (non-hydrogen) atoms. The fourth-order valence-electron chi connectivity index (χ4n) is 4.37. The molecule has 0 aliphatic carbocycles. The minimum Gasteiger partial charge on any atom is -0.466 e. The van der Waals surface area contributed by atoms with E-state index in [0.717, 1.165) is 23.7 Å². The normalized spacial score (nSPS) is 20.1. The Bertz CT molecular complexity index is 1370. The maximum atomic E-state index is 13.8. The molecule has 2 unspecified atom stereocenters. The highest BCUT2D eigenvalue weighted by Gasteiger charge is 2.37. The number of aromatic nitrogens is 2. The molecular formula is C25H29N5O5S2. The van der Waals surface area contributed by atoms with Crippen LogP contribution in [0.25, 0.3) is 11.7 Å². The minimum atomic E-state index is -0.923. The first-order valence-electron chi connectivity index (χ1n) is 12.2. The number of nitrogens with zero attached hydrogens (tertiary/aromatic N) is 4. The van der Waals surface area contributed by atoms with Crippen LogP contribution in [-0.4, -0.2) is 68.2 Å². The van der Waals surface area contributed by atoms with Gasteiger partial charge < -0.3 is 15.0 Å². The summed E-state index contributed by atoms with van der Waals surface area (Å²) in [4.78, 5) is 60.6. The second-order valence-electron chi connectivity index (χ2n) is 8.86. The van der Waals surface area contributed by atoms with Crippen LogP contribution < -0.4 is 15.8 Å². The molecule has 196 valence electrons. The predicted octanol–water partition coefficient (Wildman–Crippen LogP) is 2.26. The minimum absolute atomic E-state index is 0.0869. The molecule has 2 saturated heterocycles. The molecule has 12 heteroatoms. The third-order valence-electron chi connectivity index (χ3n) is 6.46. The topological polar surface area (TPSA) is 113 Å². The van der Waals surface area contributed by atoms with E-state index in [1.165, 1.54) is 10.5 Å². The zero-order valence-corrected chi connectivity index (χ0v) is 22.8. The smallest absolute Gasteiger partial charge is 0.308 e. The summed E-state index contributed by atoms with van der Waals surface area (Å²) < 4.78 is 6.93. The van der Waals surface area contributed by atoms with E-state index in [4.69, 9.17) is 21.9 Å². The number of anilines is 1. The molecule has 0 aromatic carbocycles. The van der Waals surface area contributed by atoms with Crippen molar-refractivity contribution in [2.24, 2.45) is 0 Å². The van der Waals surface area contributed by atoms with Crippen molar-refractivity contribution in [1.82, 2.24) is 19.6 Å². The number of thioether (sulfide) groups is 1. The second kappa shape index (κ2) is 11.0. The lowest BCUT2D eigenvalue weighted by atomic mass is 10.1. The number of fused-ring (bicyclic) bond motifs is 1. The zero-order chi connectivity index (χ0) is 26.9. The molecular weight excluding hydrogens is 514 g/mol. The Morgan fingerprint density at radius 2 is 2.11 bits per heavy atom. The van der Waals surface area contributed by atoms with Gasteiger partial charge in [0.2, 0.25) is 5.91 Å². The number of amides is 2. The zero-order valence-electron chi connectivity index (χ0n) is 21.1. The number of hydrogen-bond acceptors (Lipinski definition) is 9. The third kappa shape index (κ3) is 5.12. The van der Waals surface area contributed by atoms with Crippen molar-refractivity contribution in [3.63, 3.8) is 0 Å². The molecule has 2 aliphatic heterocycles. The number of rotatable bonds is 7. The van der Waals surface area contributed by atoms with Crippen molar-refractivity contribution in [3.8, 4) is 0 Å². The van der Waals surface area contributed by atoms with Crippen molar-refractivity contribution in [1.29, 1.82) is 0 Å². The van der Waals surface area contributed by atoms with Crippen LogP contribution in [0.3, 0.4) is 0 Å². The Kier molecular flexibility index (Phi) is 7.98. The van der Waals surface area contributed by atoms with E-state index in [-0.39, 0.29) is 42.3 Å². The fourth-order valence-corrected chi connectivity index (χ4v) is 5.81. The Morgan fingerprint density at radius 1 is 1.35 bits per heavy atom. The molecule has 0 spiro atoms. The van der Waals surface area contributed by atoms with Crippen LogP contribution in [-0.2, 0) is 19.1 Å². The van der Waals surface area contributed by atoms with Gasteiger partial charge in [0, 0.05) is 25.3 Å². The second-order valence-corrected chi connectivity index (χ2v) is 10.5. The van der Waals surface area contributed by atoms with Crippen LogP contribution in [0.1, 0.15) is 44.7 Å². The summed E-state index contributed by atoms with van der Waals surface area (Å²) in [6.45, 7) is 8.23. The molecule has 2 fully saturated rings.